The molecule has 1 aromatic heterocycles. The van der Waals surface area contributed by atoms with Gasteiger partial charge in [0.25, 0.3) is 0 Å². The highest BCUT2D eigenvalue weighted by molar-refractivity contribution is 5.88. The number of amides is 1. The number of carbonyl (C=O) groups excluding carboxylic acids is 1. The number of halogens is 1. The second-order valence-electron chi connectivity index (χ2n) is 6.55. The average molecular weight is 351 g/mol. The highest BCUT2D eigenvalue weighted by Gasteiger charge is 2.17. The number of furan rings is 1. The quantitative estimate of drug-likeness (QED) is 0.802. The van der Waals surface area contributed by atoms with Gasteiger partial charge >= 0.3 is 0 Å². The Morgan fingerprint density at radius 1 is 1.33 bits per heavy atom. The SMILES string of the molecule is CCCCC(CN)NC(=O)Cc1coc2cc3c(cc12)CCC3.Cl. The Hall–Kier alpha value is -1.52. The van der Waals surface area contributed by atoms with Gasteiger partial charge in [-0.15, -0.1) is 12.4 Å². The van der Waals surface area contributed by atoms with Gasteiger partial charge in [-0.1, -0.05) is 19.8 Å². The van der Waals surface area contributed by atoms with E-state index in [1.54, 1.807) is 6.26 Å². The summed E-state index contributed by atoms with van der Waals surface area (Å²) in [6.07, 6.45) is 8.71. The zero-order valence-electron chi connectivity index (χ0n) is 14.3. The van der Waals surface area contributed by atoms with E-state index >= 15 is 0 Å². The summed E-state index contributed by atoms with van der Waals surface area (Å²) in [6.45, 7) is 2.64. The molecule has 0 bridgehead atoms. The molecule has 1 aromatic carbocycles. The van der Waals surface area contributed by atoms with Crippen molar-refractivity contribution in [3.63, 3.8) is 0 Å². The first kappa shape index (κ1) is 18.8. The molecule has 2 aromatic rings. The van der Waals surface area contributed by atoms with E-state index in [1.165, 1.54) is 17.5 Å². The van der Waals surface area contributed by atoms with Crippen LogP contribution in [-0.2, 0) is 24.1 Å². The summed E-state index contributed by atoms with van der Waals surface area (Å²) in [5.41, 5.74) is 10.4. The Bertz CT molecular complexity index is 696. The number of hydrogen-bond donors (Lipinski definition) is 2. The third-order valence-corrected chi connectivity index (χ3v) is 4.77. The first-order valence-corrected chi connectivity index (χ1v) is 8.72. The van der Waals surface area contributed by atoms with Gasteiger partial charge in [-0.05, 0) is 48.9 Å². The molecule has 1 unspecified atom stereocenters. The number of nitrogens with two attached hydrogens (primary N) is 1. The van der Waals surface area contributed by atoms with Crippen molar-refractivity contribution in [1.82, 2.24) is 5.32 Å². The lowest BCUT2D eigenvalue weighted by Gasteiger charge is -2.16. The van der Waals surface area contributed by atoms with Crippen molar-refractivity contribution in [3.05, 3.63) is 35.1 Å². The van der Waals surface area contributed by atoms with E-state index in [1.807, 2.05) is 0 Å². The second-order valence-corrected chi connectivity index (χ2v) is 6.55. The van der Waals surface area contributed by atoms with Crippen LogP contribution < -0.4 is 11.1 Å². The van der Waals surface area contributed by atoms with Gasteiger partial charge < -0.3 is 15.5 Å². The third kappa shape index (κ3) is 4.11. The van der Waals surface area contributed by atoms with Crippen LogP contribution in [0.1, 0.15) is 49.3 Å². The van der Waals surface area contributed by atoms with Crippen molar-refractivity contribution in [2.24, 2.45) is 5.73 Å². The molecule has 1 heterocycles. The normalized spacial score (nSPS) is 14.2. The molecule has 1 aliphatic carbocycles. The molecule has 1 atom stereocenters. The molecule has 0 saturated heterocycles. The van der Waals surface area contributed by atoms with Crippen LogP contribution in [0, 0.1) is 0 Å². The number of carbonyl (C=O) groups is 1. The van der Waals surface area contributed by atoms with E-state index in [9.17, 15) is 4.79 Å². The molecule has 5 heteroatoms. The molecule has 3 rings (SSSR count). The minimum atomic E-state index is 0. The van der Waals surface area contributed by atoms with Crippen molar-refractivity contribution in [2.45, 2.75) is 57.9 Å². The van der Waals surface area contributed by atoms with Crippen molar-refractivity contribution in [1.29, 1.82) is 0 Å². The molecule has 0 fully saturated rings. The van der Waals surface area contributed by atoms with Gasteiger partial charge in [-0.25, -0.2) is 0 Å². The molecule has 132 valence electrons. The first-order valence-electron chi connectivity index (χ1n) is 8.72. The summed E-state index contributed by atoms with van der Waals surface area (Å²) >= 11 is 0. The molecule has 4 nitrogen and oxygen atoms in total. The van der Waals surface area contributed by atoms with E-state index in [2.05, 4.69) is 24.4 Å². The average Bonchev–Trinajstić information content (AvgIpc) is 3.16. The minimum absolute atomic E-state index is 0. The number of fused-ring (bicyclic) bond motifs is 2. The predicted octanol–water partition coefficient (Wildman–Crippen LogP) is 3.52. The lowest BCUT2D eigenvalue weighted by Crippen LogP contribution is -2.40. The fourth-order valence-corrected chi connectivity index (χ4v) is 3.44. The summed E-state index contributed by atoms with van der Waals surface area (Å²) in [5, 5.41) is 4.13. The van der Waals surface area contributed by atoms with Crippen molar-refractivity contribution in [2.75, 3.05) is 6.54 Å². The van der Waals surface area contributed by atoms with Crippen LogP contribution in [0.4, 0.5) is 0 Å². The maximum absolute atomic E-state index is 12.3. The summed E-state index contributed by atoms with van der Waals surface area (Å²) in [6, 6.07) is 4.43. The molecule has 0 radical (unpaired) electrons. The van der Waals surface area contributed by atoms with E-state index < -0.39 is 0 Å². The van der Waals surface area contributed by atoms with Crippen molar-refractivity contribution < 1.29 is 9.21 Å². The molecule has 24 heavy (non-hydrogen) atoms. The summed E-state index contributed by atoms with van der Waals surface area (Å²) in [5.74, 6) is 0.0275. The van der Waals surface area contributed by atoms with Crippen LogP contribution >= 0.6 is 12.4 Å². The molecule has 0 saturated carbocycles. The smallest absolute Gasteiger partial charge is 0.224 e. The fourth-order valence-electron chi connectivity index (χ4n) is 3.44. The number of hydrogen-bond acceptors (Lipinski definition) is 3. The maximum atomic E-state index is 12.3. The Balaban J connectivity index is 0.00000208. The van der Waals surface area contributed by atoms with Gasteiger partial charge in [-0.3, -0.25) is 4.79 Å². The largest absolute Gasteiger partial charge is 0.464 e. The zero-order valence-corrected chi connectivity index (χ0v) is 15.1. The molecule has 0 spiro atoms. The Morgan fingerprint density at radius 3 is 2.79 bits per heavy atom. The van der Waals surface area contributed by atoms with Crippen LogP contribution in [-0.4, -0.2) is 18.5 Å². The minimum Gasteiger partial charge on any atom is -0.464 e. The van der Waals surface area contributed by atoms with E-state index in [0.717, 1.165) is 48.6 Å². The predicted molar refractivity (Wildman–Crippen MR) is 99.7 cm³/mol. The van der Waals surface area contributed by atoms with Gasteiger partial charge in [0.1, 0.15) is 5.58 Å². The van der Waals surface area contributed by atoms with Gasteiger partial charge in [-0.2, -0.15) is 0 Å². The van der Waals surface area contributed by atoms with Crippen LogP contribution in [0.5, 0.6) is 0 Å². The monoisotopic (exact) mass is 350 g/mol. The molecule has 3 N–H and O–H groups in total. The molecule has 1 aliphatic rings. The van der Waals surface area contributed by atoms with Crippen LogP contribution in [0.3, 0.4) is 0 Å². The summed E-state index contributed by atoms with van der Waals surface area (Å²) in [7, 11) is 0. The second kappa shape index (κ2) is 8.54. The molecule has 0 aliphatic heterocycles. The van der Waals surface area contributed by atoms with E-state index in [4.69, 9.17) is 10.2 Å². The molecular formula is C19H27ClN2O2. The van der Waals surface area contributed by atoms with Crippen LogP contribution in [0.25, 0.3) is 11.0 Å². The number of unbranched alkanes of at least 4 members (excludes halogenated alkanes) is 1. The highest BCUT2D eigenvalue weighted by Crippen LogP contribution is 2.30. The van der Waals surface area contributed by atoms with E-state index in [-0.39, 0.29) is 24.4 Å². The third-order valence-electron chi connectivity index (χ3n) is 4.77. The van der Waals surface area contributed by atoms with Crippen LogP contribution in [0.15, 0.2) is 22.8 Å². The lowest BCUT2D eigenvalue weighted by molar-refractivity contribution is -0.121. The maximum Gasteiger partial charge on any atom is 0.224 e. The summed E-state index contributed by atoms with van der Waals surface area (Å²) < 4.78 is 5.67. The fraction of sp³-hybridized carbons (Fsp3) is 0.526. The zero-order chi connectivity index (χ0) is 16.2. The number of aryl methyl sites for hydroxylation is 2. The highest BCUT2D eigenvalue weighted by atomic mass is 35.5. The Kier molecular flexibility index (Phi) is 6.69. The lowest BCUT2D eigenvalue weighted by atomic mass is 10.0. The van der Waals surface area contributed by atoms with Gasteiger partial charge in [0.05, 0.1) is 12.7 Å². The number of rotatable bonds is 7. The van der Waals surface area contributed by atoms with Crippen LogP contribution in [0.2, 0.25) is 0 Å². The Morgan fingerprint density at radius 2 is 2.08 bits per heavy atom. The van der Waals surface area contributed by atoms with Gasteiger partial charge in [0.15, 0.2) is 0 Å². The molecule has 1 amide bonds. The van der Waals surface area contributed by atoms with Gasteiger partial charge in [0.2, 0.25) is 5.91 Å². The molecular weight excluding hydrogens is 324 g/mol. The Labute approximate surface area is 149 Å². The van der Waals surface area contributed by atoms with Gasteiger partial charge in [0, 0.05) is 23.5 Å². The topological polar surface area (TPSA) is 68.3 Å². The first-order chi connectivity index (χ1) is 11.2. The number of nitrogens with one attached hydrogen (secondary N) is 1. The standard InChI is InChI=1S/C19H26N2O2.ClH/c1-2-3-7-16(11-20)21-19(22)10-15-12-23-18-9-14-6-4-5-13(14)8-17(15)18;/h8-9,12,16H,2-7,10-11,20H2,1H3,(H,21,22);1H. The van der Waals surface area contributed by atoms with Crippen molar-refractivity contribution in [3.8, 4) is 0 Å². The van der Waals surface area contributed by atoms with E-state index in [0.29, 0.717) is 13.0 Å². The van der Waals surface area contributed by atoms with Crippen molar-refractivity contribution >= 4 is 29.3 Å². The summed E-state index contributed by atoms with van der Waals surface area (Å²) in [4.78, 5) is 12.3. The number of benzene rings is 1.